The molecule has 1 N–H and O–H groups in total. The molecule has 0 saturated heterocycles. The molecule has 3 aromatic rings. The van der Waals surface area contributed by atoms with Crippen LogP contribution in [-0.4, -0.2) is 15.1 Å². The number of rotatable bonds is 2. The van der Waals surface area contributed by atoms with E-state index in [4.69, 9.17) is 11.6 Å². The van der Waals surface area contributed by atoms with Crippen LogP contribution in [0.4, 0.5) is 0 Å². The zero-order valence-electron chi connectivity index (χ0n) is 9.99. The predicted molar refractivity (Wildman–Crippen MR) is 75.1 cm³/mol. The highest BCUT2D eigenvalue weighted by atomic mass is 35.5. The molecule has 0 radical (unpaired) electrons. The van der Waals surface area contributed by atoms with Crippen LogP contribution in [0.15, 0.2) is 54.9 Å². The fraction of sp³-hybridized carbons (Fsp3) is 0.0667. The van der Waals surface area contributed by atoms with Crippen LogP contribution in [0.5, 0.6) is 0 Å². The van der Waals surface area contributed by atoms with Crippen LogP contribution in [0.2, 0.25) is 5.15 Å². The third-order valence-electron chi connectivity index (χ3n) is 3.02. The molecular formula is C15H11ClN2O. The van der Waals surface area contributed by atoms with E-state index in [0.717, 1.165) is 16.5 Å². The van der Waals surface area contributed by atoms with Gasteiger partial charge in [0.2, 0.25) is 0 Å². The maximum absolute atomic E-state index is 10.5. The molecule has 1 aromatic carbocycles. The van der Waals surface area contributed by atoms with E-state index in [1.165, 1.54) is 0 Å². The molecule has 0 saturated carbocycles. The molecule has 0 spiro atoms. The predicted octanol–water partition coefficient (Wildman–Crippen LogP) is 3.36. The van der Waals surface area contributed by atoms with Gasteiger partial charge in [0.05, 0.1) is 5.52 Å². The molecule has 0 aliphatic carbocycles. The van der Waals surface area contributed by atoms with E-state index >= 15 is 0 Å². The van der Waals surface area contributed by atoms with E-state index in [1.807, 2.05) is 30.3 Å². The monoisotopic (exact) mass is 270 g/mol. The largest absolute Gasteiger partial charge is 0.384 e. The molecule has 0 aliphatic rings. The lowest BCUT2D eigenvalue weighted by atomic mass is 10.0. The lowest BCUT2D eigenvalue weighted by Gasteiger charge is -2.13. The number of aromatic nitrogens is 2. The van der Waals surface area contributed by atoms with Gasteiger partial charge in [-0.1, -0.05) is 41.9 Å². The van der Waals surface area contributed by atoms with Crippen molar-refractivity contribution in [2.24, 2.45) is 0 Å². The van der Waals surface area contributed by atoms with E-state index in [9.17, 15) is 5.11 Å². The fourth-order valence-corrected chi connectivity index (χ4v) is 2.19. The van der Waals surface area contributed by atoms with Crippen LogP contribution in [0, 0.1) is 0 Å². The molecule has 3 rings (SSSR count). The van der Waals surface area contributed by atoms with Crippen molar-refractivity contribution in [1.29, 1.82) is 0 Å². The van der Waals surface area contributed by atoms with Crippen molar-refractivity contribution >= 4 is 22.5 Å². The van der Waals surface area contributed by atoms with Crippen LogP contribution in [-0.2, 0) is 0 Å². The molecule has 1 unspecified atom stereocenters. The first-order chi connectivity index (χ1) is 9.25. The maximum Gasteiger partial charge on any atom is 0.129 e. The van der Waals surface area contributed by atoms with E-state index in [1.54, 1.807) is 24.5 Å². The summed E-state index contributed by atoms with van der Waals surface area (Å²) in [6, 6.07) is 13.0. The van der Waals surface area contributed by atoms with Gasteiger partial charge >= 0.3 is 0 Å². The molecule has 2 heterocycles. The average molecular weight is 271 g/mol. The molecule has 3 nitrogen and oxygen atoms in total. The summed E-state index contributed by atoms with van der Waals surface area (Å²) in [5.41, 5.74) is 2.26. The highest BCUT2D eigenvalue weighted by Gasteiger charge is 2.14. The lowest BCUT2D eigenvalue weighted by Crippen LogP contribution is -2.01. The second-order valence-electron chi connectivity index (χ2n) is 4.24. The zero-order chi connectivity index (χ0) is 13.2. The first kappa shape index (κ1) is 12.1. The summed E-state index contributed by atoms with van der Waals surface area (Å²) in [6.07, 6.45) is 2.54. The number of pyridine rings is 2. The Morgan fingerprint density at radius 2 is 1.84 bits per heavy atom. The number of para-hydroxylation sites is 1. The quantitative estimate of drug-likeness (QED) is 0.726. The number of aliphatic hydroxyl groups excluding tert-OH is 1. The Kier molecular flexibility index (Phi) is 3.15. The number of fused-ring (bicyclic) bond motifs is 1. The smallest absolute Gasteiger partial charge is 0.129 e. The standard InChI is InChI=1S/C15H11ClN2O/c16-13-7-6-11(9-18-13)15(19)12-5-1-3-10-4-2-8-17-14(10)12/h1-9,15,19H. The Hall–Kier alpha value is -1.97. The van der Waals surface area contributed by atoms with E-state index in [0.29, 0.717) is 10.7 Å². The zero-order valence-corrected chi connectivity index (χ0v) is 10.7. The van der Waals surface area contributed by atoms with Gasteiger partial charge in [-0.15, -0.1) is 0 Å². The topological polar surface area (TPSA) is 46.0 Å². The van der Waals surface area contributed by atoms with Crippen molar-refractivity contribution in [3.63, 3.8) is 0 Å². The van der Waals surface area contributed by atoms with Gasteiger partial charge in [0.1, 0.15) is 11.3 Å². The Morgan fingerprint density at radius 3 is 2.63 bits per heavy atom. The molecule has 0 fully saturated rings. The van der Waals surface area contributed by atoms with Crippen molar-refractivity contribution in [2.45, 2.75) is 6.10 Å². The van der Waals surface area contributed by atoms with E-state index in [2.05, 4.69) is 9.97 Å². The third kappa shape index (κ3) is 2.30. The summed E-state index contributed by atoms with van der Waals surface area (Å²) in [6.45, 7) is 0. The minimum Gasteiger partial charge on any atom is -0.384 e. The SMILES string of the molecule is OC(c1ccc(Cl)nc1)c1cccc2cccnc12. The van der Waals surface area contributed by atoms with Gasteiger partial charge in [-0.3, -0.25) is 4.98 Å². The molecular weight excluding hydrogens is 260 g/mol. The van der Waals surface area contributed by atoms with Gasteiger partial charge in [0.15, 0.2) is 0 Å². The molecule has 0 amide bonds. The van der Waals surface area contributed by atoms with Gasteiger partial charge in [-0.25, -0.2) is 4.98 Å². The molecule has 4 heteroatoms. The Bertz CT molecular complexity index is 707. The van der Waals surface area contributed by atoms with Crippen LogP contribution in [0.3, 0.4) is 0 Å². The molecule has 0 aliphatic heterocycles. The van der Waals surface area contributed by atoms with Crippen molar-refractivity contribution in [1.82, 2.24) is 9.97 Å². The van der Waals surface area contributed by atoms with Crippen LogP contribution >= 0.6 is 11.6 Å². The van der Waals surface area contributed by atoms with Crippen molar-refractivity contribution in [2.75, 3.05) is 0 Å². The third-order valence-corrected chi connectivity index (χ3v) is 3.25. The summed E-state index contributed by atoms with van der Waals surface area (Å²) in [7, 11) is 0. The molecule has 1 atom stereocenters. The normalized spacial score (nSPS) is 12.5. The van der Waals surface area contributed by atoms with Crippen LogP contribution < -0.4 is 0 Å². The summed E-state index contributed by atoms with van der Waals surface area (Å²) < 4.78 is 0. The number of benzene rings is 1. The maximum atomic E-state index is 10.5. The highest BCUT2D eigenvalue weighted by Crippen LogP contribution is 2.27. The molecule has 2 aromatic heterocycles. The molecule has 94 valence electrons. The fourth-order valence-electron chi connectivity index (χ4n) is 2.08. The van der Waals surface area contributed by atoms with Gasteiger partial charge in [0.25, 0.3) is 0 Å². The Labute approximate surface area is 115 Å². The number of hydrogen-bond donors (Lipinski definition) is 1. The van der Waals surface area contributed by atoms with Gasteiger partial charge < -0.3 is 5.11 Å². The first-order valence-electron chi connectivity index (χ1n) is 5.89. The first-order valence-corrected chi connectivity index (χ1v) is 6.26. The van der Waals surface area contributed by atoms with Crippen molar-refractivity contribution < 1.29 is 5.11 Å². The summed E-state index contributed by atoms with van der Waals surface area (Å²) >= 11 is 5.75. The van der Waals surface area contributed by atoms with Gasteiger partial charge in [0, 0.05) is 28.9 Å². The average Bonchev–Trinajstić information content (AvgIpc) is 2.47. The second kappa shape index (κ2) is 4.96. The van der Waals surface area contributed by atoms with Crippen LogP contribution in [0.1, 0.15) is 17.2 Å². The number of halogens is 1. The summed E-state index contributed by atoms with van der Waals surface area (Å²) in [5, 5.41) is 11.9. The Morgan fingerprint density at radius 1 is 1.00 bits per heavy atom. The van der Waals surface area contributed by atoms with Crippen molar-refractivity contribution in [3.05, 3.63) is 71.1 Å². The van der Waals surface area contributed by atoms with Crippen molar-refractivity contribution in [3.8, 4) is 0 Å². The highest BCUT2D eigenvalue weighted by molar-refractivity contribution is 6.29. The molecule has 19 heavy (non-hydrogen) atoms. The Balaban J connectivity index is 2.11. The number of nitrogens with zero attached hydrogens (tertiary/aromatic N) is 2. The van der Waals surface area contributed by atoms with Gasteiger partial charge in [-0.05, 0) is 12.1 Å². The minimum atomic E-state index is -0.761. The minimum absolute atomic E-state index is 0.409. The number of aliphatic hydroxyl groups is 1. The van der Waals surface area contributed by atoms with Crippen LogP contribution in [0.25, 0.3) is 10.9 Å². The summed E-state index contributed by atoms with van der Waals surface area (Å²) in [4.78, 5) is 8.33. The van der Waals surface area contributed by atoms with Gasteiger partial charge in [-0.2, -0.15) is 0 Å². The van der Waals surface area contributed by atoms with E-state index < -0.39 is 6.10 Å². The molecule has 0 bridgehead atoms. The van der Waals surface area contributed by atoms with E-state index in [-0.39, 0.29) is 0 Å². The second-order valence-corrected chi connectivity index (χ2v) is 4.63. The lowest BCUT2D eigenvalue weighted by molar-refractivity contribution is 0.221. The number of hydrogen-bond acceptors (Lipinski definition) is 3. The summed E-state index contributed by atoms with van der Waals surface area (Å²) in [5.74, 6) is 0.